The standard InChI is InChI=1S/C7H10N4O2/c1-5-2-3-9-11(7(5)13)4-6(12)10-8/h2-3H,4,8H2,1H3,(H,10,12). The molecule has 70 valence electrons. The minimum Gasteiger partial charge on any atom is -0.293 e. The maximum absolute atomic E-state index is 11.3. The molecule has 0 aliphatic heterocycles. The average Bonchev–Trinajstić information content (AvgIpc) is 2.13. The Morgan fingerprint density at radius 3 is 3.08 bits per heavy atom. The topological polar surface area (TPSA) is 90.0 Å². The third-order valence-electron chi connectivity index (χ3n) is 1.56. The van der Waals surface area contributed by atoms with E-state index in [4.69, 9.17) is 5.84 Å². The molecule has 1 aromatic rings. The maximum Gasteiger partial charge on any atom is 0.270 e. The molecule has 1 rings (SSSR count). The van der Waals surface area contributed by atoms with Crippen LogP contribution in [0.25, 0.3) is 0 Å². The van der Waals surface area contributed by atoms with E-state index in [0.717, 1.165) is 4.68 Å². The Bertz CT molecular complexity index is 371. The van der Waals surface area contributed by atoms with Crippen molar-refractivity contribution in [2.75, 3.05) is 0 Å². The minimum atomic E-state index is -0.458. The average molecular weight is 182 g/mol. The van der Waals surface area contributed by atoms with E-state index in [1.807, 2.05) is 5.43 Å². The van der Waals surface area contributed by atoms with Crippen molar-refractivity contribution in [3.05, 3.63) is 28.2 Å². The molecule has 0 spiro atoms. The summed E-state index contributed by atoms with van der Waals surface area (Å²) in [6, 6.07) is 1.58. The van der Waals surface area contributed by atoms with Gasteiger partial charge in [-0.2, -0.15) is 5.10 Å². The highest BCUT2D eigenvalue weighted by Crippen LogP contribution is 1.84. The second-order valence-electron chi connectivity index (χ2n) is 2.54. The number of nitrogens with one attached hydrogen (secondary N) is 1. The Morgan fingerprint density at radius 2 is 2.46 bits per heavy atom. The third-order valence-corrected chi connectivity index (χ3v) is 1.56. The van der Waals surface area contributed by atoms with Crippen LogP contribution in [0.15, 0.2) is 17.1 Å². The third kappa shape index (κ3) is 2.12. The first-order valence-electron chi connectivity index (χ1n) is 3.67. The number of aryl methyl sites for hydroxylation is 1. The molecule has 0 fully saturated rings. The van der Waals surface area contributed by atoms with Crippen LogP contribution < -0.4 is 16.8 Å². The van der Waals surface area contributed by atoms with Gasteiger partial charge < -0.3 is 0 Å². The maximum atomic E-state index is 11.3. The monoisotopic (exact) mass is 182 g/mol. The molecule has 0 aliphatic carbocycles. The van der Waals surface area contributed by atoms with Crippen LogP contribution in [-0.4, -0.2) is 15.7 Å². The van der Waals surface area contributed by atoms with E-state index in [1.165, 1.54) is 6.20 Å². The zero-order valence-corrected chi connectivity index (χ0v) is 7.15. The van der Waals surface area contributed by atoms with Gasteiger partial charge in [0.05, 0.1) is 0 Å². The molecule has 3 N–H and O–H groups in total. The zero-order chi connectivity index (χ0) is 9.84. The van der Waals surface area contributed by atoms with Crippen molar-refractivity contribution in [2.24, 2.45) is 5.84 Å². The van der Waals surface area contributed by atoms with E-state index < -0.39 is 5.91 Å². The molecule has 6 heteroatoms. The Kier molecular flexibility index (Phi) is 2.76. The molecule has 1 aromatic heterocycles. The fraction of sp³-hybridized carbons (Fsp3) is 0.286. The van der Waals surface area contributed by atoms with Gasteiger partial charge in [-0.05, 0) is 13.0 Å². The number of nitrogens with zero attached hydrogens (tertiary/aromatic N) is 2. The van der Waals surface area contributed by atoms with E-state index in [1.54, 1.807) is 13.0 Å². The fourth-order valence-electron chi connectivity index (χ4n) is 0.847. The quantitative estimate of drug-likeness (QED) is 0.332. The van der Waals surface area contributed by atoms with Crippen molar-refractivity contribution in [1.29, 1.82) is 0 Å². The number of aromatic nitrogens is 2. The second kappa shape index (κ2) is 3.81. The van der Waals surface area contributed by atoms with Gasteiger partial charge in [-0.1, -0.05) is 0 Å². The van der Waals surface area contributed by atoms with Crippen LogP contribution in [-0.2, 0) is 11.3 Å². The first-order chi connectivity index (χ1) is 6.15. The molecule has 0 aliphatic rings. The van der Waals surface area contributed by atoms with E-state index in [0.29, 0.717) is 5.56 Å². The highest BCUT2D eigenvalue weighted by atomic mass is 16.2. The first kappa shape index (κ1) is 9.40. The van der Waals surface area contributed by atoms with Gasteiger partial charge in [-0.25, -0.2) is 10.5 Å². The summed E-state index contributed by atoms with van der Waals surface area (Å²) in [7, 11) is 0. The summed E-state index contributed by atoms with van der Waals surface area (Å²) in [4.78, 5) is 22.1. The van der Waals surface area contributed by atoms with E-state index in [-0.39, 0.29) is 12.1 Å². The number of nitrogens with two attached hydrogens (primary N) is 1. The van der Waals surface area contributed by atoms with E-state index >= 15 is 0 Å². The molecule has 0 saturated heterocycles. The first-order valence-corrected chi connectivity index (χ1v) is 3.67. The largest absolute Gasteiger partial charge is 0.293 e. The second-order valence-corrected chi connectivity index (χ2v) is 2.54. The van der Waals surface area contributed by atoms with Gasteiger partial charge in [0, 0.05) is 11.8 Å². The molecule has 0 bridgehead atoms. The van der Waals surface area contributed by atoms with Crippen molar-refractivity contribution >= 4 is 5.91 Å². The van der Waals surface area contributed by atoms with Gasteiger partial charge in [0.2, 0.25) is 0 Å². The molecule has 6 nitrogen and oxygen atoms in total. The fourth-order valence-corrected chi connectivity index (χ4v) is 0.847. The summed E-state index contributed by atoms with van der Waals surface area (Å²) >= 11 is 0. The summed E-state index contributed by atoms with van der Waals surface area (Å²) in [5.41, 5.74) is 2.18. The van der Waals surface area contributed by atoms with Gasteiger partial charge in [0.1, 0.15) is 6.54 Å². The molecule has 0 unspecified atom stereocenters. The summed E-state index contributed by atoms with van der Waals surface area (Å²) in [6.45, 7) is 1.50. The predicted octanol–water partition coefficient (Wildman–Crippen LogP) is -1.46. The smallest absolute Gasteiger partial charge is 0.270 e. The summed E-state index contributed by atoms with van der Waals surface area (Å²) in [5.74, 6) is 4.41. The molecule has 13 heavy (non-hydrogen) atoms. The summed E-state index contributed by atoms with van der Waals surface area (Å²) in [5, 5.41) is 3.71. The lowest BCUT2D eigenvalue weighted by atomic mass is 10.3. The van der Waals surface area contributed by atoms with E-state index in [9.17, 15) is 9.59 Å². The summed E-state index contributed by atoms with van der Waals surface area (Å²) < 4.78 is 1.05. The Hall–Kier alpha value is -1.69. The lowest BCUT2D eigenvalue weighted by Gasteiger charge is -2.02. The number of hydrogen-bond acceptors (Lipinski definition) is 4. The van der Waals surface area contributed by atoms with Crippen LogP contribution in [0.2, 0.25) is 0 Å². The van der Waals surface area contributed by atoms with Gasteiger partial charge in [-0.3, -0.25) is 15.0 Å². The molecule has 1 amide bonds. The van der Waals surface area contributed by atoms with Gasteiger partial charge in [-0.15, -0.1) is 0 Å². The van der Waals surface area contributed by atoms with Crippen molar-refractivity contribution in [1.82, 2.24) is 15.2 Å². The summed E-state index contributed by atoms with van der Waals surface area (Å²) in [6.07, 6.45) is 1.46. The molecular formula is C7H10N4O2. The molecule has 0 atom stereocenters. The van der Waals surface area contributed by atoms with Crippen LogP contribution in [0.5, 0.6) is 0 Å². The van der Waals surface area contributed by atoms with Gasteiger partial charge in [0.25, 0.3) is 11.5 Å². The number of carbonyl (C=O) groups excluding carboxylic acids is 1. The predicted molar refractivity (Wildman–Crippen MR) is 45.6 cm³/mol. The normalized spacial score (nSPS) is 9.69. The Morgan fingerprint density at radius 1 is 1.77 bits per heavy atom. The number of hydrazine groups is 1. The molecule has 0 radical (unpaired) electrons. The minimum absolute atomic E-state index is 0.156. The number of amides is 1. The van der Waals surface area contributed by atoms with Crippen LogP contribution >= 0.6 is 0 Å². The molecule has 0 saturated carbocycles. The Labute approximate surface area is 74.3 Å². The molecule has 0 aromatic carbocycles. The number of hydrogen-bond donors (Lipinski definition) is 2. The van der Waals surface area contributed by atoms with Crippen LogP contribution in [0.3, 0.4) is 0 Å². The lowest BCUT2D eigenvalue weighted by molar-refractivity contribution is -0.122. The number of carbonyl (C=O) groups is 1. The molecular weight excluding hydrogens is 172 g/mol. The Balaban J connectivity index is 2.96. The van der Waals surface area contributed by atoms with Crippen molar-refractivity contribution < 1.29 is 4.79 Å². The van der Waals surface area contributed by atoms with Crippen LogP contribution in [0, 0.1) is 6.92 Å². The van der Waals surface area contributed by atoms with Crippen LogP contribution in [0.4, 0.5) is 0 Å². The van der Waals surface area contributed by atoms with Crippen molar-refractivity contribution in [3.8, 4) is 0 Å². The lowest BCUT2D eigenvalue weighted by Crippen LogP contribution is -2.37. The SMILES string of the molecule is Cc1ccnn(CC(=O)NN)c1=O. The van der Waals surface area contributed by atoms with E-state index in [2.05, 4.69) is 5.10 Å². The van der Waals surface area contributed by atoms with Crippen molar-refractivity contribution in [2.45, 2.75) is 13.5 Å². The highest BCUT2D eigenvalue weighted by molar-refractivity contribution is 5.74. The van der Waals surface area contributed by atoms with Gasteiger partial charge in [0.15, 0.2) is 0 Å². The number of rotatable bonds is 2. The van der Waals surface area contributed by atoms with Gasteiger partial charge >= 0.3 is 0 Å². The highest BCUT2D eigenvalue weighted by Gasteiger charge is 2.04. The van der Waals surface area contributed by atoms with Crippen molar-refractivity contribution in [3.63, 3.8) is 0 Å². The van der Waals surface area contributed by atoms with Crippen LogP contribution in [0.1, 0.15) is 5.56 Å². The zero-order valence-electron chi connectivity index (χ0n) is 7.15. The molecule has 1 heterocycles.